The number of hydrogen-bond acceptors (Lipinski definition) is 5. The van der Waals surface area contributed by atoms with Crippen LogP contribution in [-0.2, 0) is 4.84 Å². The van der Waals surface area contributed by atoms with Crippen molar-refractivity contribution in [1.29, 1.82) is 0 Å². The van der Waals surface area contributed by atoms with Gasteiger partial charge in [0.25, 0.3) is 5.69 Å². The van der Waals surface area contributed by atoms with Crippen molar-refractivity contribution in [1.82, 2.24) is 0 Å². The number of nitrogens with zero attached hydrogens (tertiary/aromatic N) is 2. The quantitative estimate of drug-likeness (QED) is 0.453. The molecule has 128 valence electrons. The summed E-state index contributed by atoms with van der Waals surface area (Å²) in [6.45, 7) is 6.63. The number of benzene rings is 1. The molecule has 0 radical (unpaired) electrons. The number of nitro benzene ring substituents is 1. The van der Waals surface area contributed by atoms with Crippen LogP contribution in [0.3, 0.4) is 0 Å². The molecule has 1 aromatic carbocycles. The Labute approximate surface area is 145 Å². The van der Waals surface area contributed by atoms with Crippen molar-refractivity contribution >= 4 is 29.0 Å². The summed E-state index contributed by atoms with van der Waals surface area (Å²) in [4.78, 5) is 27.5. The van der Waals surface area contributed by atoms with Crippen LogP contribution in [0.5, 0.6) is 0 Å². The molecule has 2 saturated carbocycles. The fourth-order valence-electron chi connectivity index (χ4n) is 4.00. The average molecular weight is 351 g/mol. The lowest BCUT2D eigenvalue weighted by Gasteiger charge is -2.34. The van der Waals surface area contributed by atoms with Crippen molar-refractivity contribution in [3.63, 3.8) is 0 Å². The Morgan fingerprint density at radius 2 is 2.12 bits per heavy atom. The zero-order valence-electron chi connectivity index (χ0n) is 13.8. The molecule has 0 aliphatic heterocycles. The van der Waals surface area contributed by atoms with Gasteiger partial charge in [0, 0.05) is 11.5 Å². The monoisotopic (exact) mass is 350 g/mol. The average Bonchev–Trinajstić information content (AvgIpc) is 2.85. The number of carbonyl (C=O) groups excluding carboxylic acids is 1. The van der Waals surface area contributed by atoms with E-state index in [1.807, 2.05) is 0 Å². The van der Waals surface area contributed by atoms with Crippen molar-refractivity contribution in [2.75, 3.05) is 0 Å². The van der Waals surface area contributed by atoms with Gasteiger partial charge in [-0.25, -0.2) is 4.79 Å². The Bertz CT molecular complexity index is 759. The molecule has 3 rings (SSSR count). The Hall–Kier alpha value is -1.95. The third-order valence-electron chi connectivity index (χ3n) is 6.13. The van der Waals surface area contributed by atoms with Gasteiger partial charge in [-0.1, -0.05) is 37.5 Å². The first kappa shape index (κ1) is 16.9. The maximum absolute atomic E-state index is 12.2. The summed E-state index contributed by atoms with van der Waals surface area (Å²) in [6.07, 6.45) is 3.03. The molecule has 2 fully saturated rings. The van der Waals surface area contributed by atoms with Crippen molar-refractivity contribution < 1.29 is 14.6 Å². The number of halogens is 1. The normalized spacial score (nSPS) is 29.0. The van der Waals surface area contributed by atoms with Crippen LogP contribution in [0.25, 0.3) is 0 Å². The van der Waals surface area contributed by atoms with Crippen molar-refractivity contribution in [3.05, 3.63) is 38.9 Å². The molecule has 0 aromatic heterocycles. The number of oxime groups is 1. The molecule has 6 nitrogen and oxygen atoms in total. The molecule has 0 saturated heterocycles. The third-order valence-corrected chi connectivity index (χ3v) is 6.45. The first-order chi connectivity index (χ1) is 11.2. The highest BCUT2D eigenvalue weighted by molar-refractivity contribution is 6.32. The van der Waals surface area contributed by atoms with Crippen LogP contribution in [0.4, 0.5) is 5.69 Å². The highest BCUT2D eigenvalue weighted by atomic mass is 35.5. The highest BCUT2D eigenvalue weighted by Crippen LogP contribution is 2.64. The molecule has 0 amide bonds. The topological polar surface area (TPSA) is 81.8 Å². The molecule has 2 atom stereocenters. The van der Waals surface area contributed by atoms with Gasteiger partial charge >= 0.3 is 5.97 Å². The molecule has 0 heterocycles. The molecule has 1 aromatic rings. The van der Waals surface area contributed by atoms with Gasteiger partial charge in [-0.05, 0) is 42.7 Å². The van der Waals surface area contributed by atoms with Gasteiger partial charge in [0.05, 0.1) is 16.2 Å². The van der Waals surface area contributed by atoms with E-state index in [0.717, 1.165) is 24.6 Å². The summed E-state index contributed by atoms with van der Waals surface area (Å²) in [6, 6.07) is 3.81. The minimum absolute atomic E-state index is 0.0229. The van der Waals surface area contributed by atoms with Crippen LogP contribution >= 0.6 is 11.6 Å². The summed E-state index contributed by atoms with van der Waals surface area (Å²) < 4.78 is 0. The predicted molar refractivity (Wildman–Crippen MR) is 90.2 cm³/mol. The van der Waals surface area contributed by atoms with Crippen LogP contribution in [0.15, 0.2) is 23.4 Å². The Morgan fingerprint density at radius 1 is 1.42 bits per heavy atom. The molecular weight excluding hydrogens is 332 g/mol. The minimum Gasteiger partial charge on any atom is -0.313 e. The highest BCUT2D eigenvalue weighted by Gasteiger charge is 2.60. The molecule has 24 heavy (non-hydrogen) atoms. The summed E-state index contributed by atoms with van der Waals surface area (Å²) in [5.74, 6) is -0.164. The zero-order valence-corrected chi connectivity index (χ0v) is 14.6. The molecule has 0 spiro atoms. The Balaban J connectivity index is 1.80. The van der Waals surface area contributed by atoms with Gasteiger partial charge < -0.3 is 4.84 Å². The number of nitro groups is 1. The van der Waals surface area contributed by atoms with Gasteiger partial charge in [0.1, 0.15) is 5.02 Å². The molecule has 2 aliphatic rings. The maximum atomic E-state index is 12.2. The van der Waals surface area contributed by atoms with Crippen LogP contribution in [0, 0.1) is 26.9 Å². The van der Waals surface area contributed by atoms with Gasteiger partial charge in [0.2, 0.25) is 0 Å². The van der Waals surface area contributed by atoms with Gasteiger partial charge in [-0.15, -0.1) is 0 Å². The second kappa shape index (κ2) is 5.55. The van der Waals surface area contributed by atoms with Crippen LogP contribution in [0.2, 0.25) is 5.02 Å². The molecule has 2 bridgehead atoms. The number of carbonyl (C=O) groups is 1. The molecule has 0 N–H and O–H groups in total. The first-order valence-electron chi connectivity index (χ1n) is 7.89. The molecule has 2 unspecified atom stereocenters. The molecular formula is C17H19ClN2O4. The fraction of sp³-hybridized carbons (Fsp3) is 0.529. The van der Waals surface area contributed by atoms with E-state index >= 15 is 0 Å². The fourth-order valence-corrected chi connectivity index (χ4v) is 4.18. The SMILES string of the molecule is CC12CCC(C/C1=N\OC(=O)c1ccc(Cl)c([N+](=O)[O-])c1)C2(C)C. The maximum Gasteiger partial charge on any atom is 0.365 e. The van der Waals surface area contributed by atoms with Crippen molar-refractivity contribution in [2.45, 2.75) is 40.0 Å². The van der Waals surface area contributed by atoms with E-state index in [1.54, 1.807) is 0 Å². The van der Waals surface area contributed by atoms with Crippen LogP contribution < -0.4 is 0 Å². The Kier molecular flexibility index (Phi) is 3.91. The first-order valence-corrected chi connectivity index (χ1v) is 8.27. The number of hydrogen-bond donors (Lipinski definition) is 0. The van der Waals surface area contributed by atoms with E-state index in [2.05, 4.69) is 25.9 Å². The van der Waals surface area contributed by atoms with Crippen molar-refractivity contribution in [3.8, 4) is 0 Å². The molecule has 7 heteroatoms. The standard InChI is InChI=1S/C17H19ClN2O4/c1-16(2)11-6-7-17(16,3)14(9-11)19-24-15(21)10-4-5-12(18)13(8-10)20(22)23/h4-5,8,11H,6-7,9H2,1-3H3/b19-14+. The van der Waals surface area contributed by atoms with Crippen LogP contribution in [0.1, 0.15) is 50.4 Å². The van der Waals surface area contributed by atoms with E-state index in [1.165, 1.54) is 18.6 Å². The predicted octanol–water partition coefficient (Wildman–Crippen LogP) is 4.61. The third kappa shape index (κ3) is 2.40. The van der Waals surface area contributed by atoms with E-state index in [-0.39, 0.29) is 27.1 Å². The second-order valence-corrected chi connectivity index (χ2v) is 7.74. The van der Waals surface area contributed by atoms with E-state index in [9.17, 15) is 14.9 Å². The van der Waals surface area contributed by atoms with E-state index < -0.39 is 10.9 Å². The van der Waals surface area contributed by atoms with Crippen molar-refractivity contribution in [2.24, 2.45) is 21.9 Å². The zero-order chi connectivity index (χ0) is 17.7. The molecule has 2 aliphatic carbocycles. The number of rotatable bonds is 3. The van der Waals surface area contributed by atoms with E-state index in [0.29, 0.717) is 5.92 Å². The van der Waals surface area contributed by atoms with Gasteiger partial charge in [-0.3, -0.25) is 10.1 Å². The lowest BCUT2D eigenvalue weighted by Crippen LogP contribution is -2.32. The van der Waals surface area contributed by atoms with Crippen LogP contribution in [-0.4, -0.2) is 16.6 Å². The van der Waals surface area contributed by atoms with Gasteiger partial charge in [0.15, 0.2) is 0 Å². The van der Waals surface area contributed by atoms with Gasteiger partial charge in [-0.2, -0.15) is 0 Å². The second-order valence-electron chi connectivity index (χ2n) is 7.33. The number of fused-ring (bicyclic) bond motifs is 2. The summed E-state index contributed by atoms with van der Waals surface area (Å²) >= 11 is 5.75. The summed E-state index contributed by atoms with van der Waals surface area (Å²) in [5.41, 5.74) is 0.705. The summed E-state index contributed by atoms with van der Waals surface area (Å²) in [7, 11) is 0. The smallest absolute Gasteiger partial charge is 0.313 e. The lowest BCUT2D eigenvalue weighted by atomic mass is 9.70. The Morgan fingerprint density at radius 3 is 2.67 bits per heavy atom. The summed E-state index contributed by atoms with van der Waals surface area (Å²) in [5, 5.41) is 15.0. The lowest BCUT2D eigenvalue weighted by molar-refractivity contribution is -0.384. The minimum atomic E-state index is -0.716. The van der Waals surface area contributed by atoms with E-state index in [4.69, 9.17) is 16.4 Å². The largest absolute Gasteiger partial charge is 0.365 e.